The number of hydrogen-bond donors (Lipinski definition) is 1. The number of aromatic nitrogens is 4. The van der Waals surface area contributed by atoms with Gasteiger partial charge in [-0.15, -0.1) is 0 Å². The van der Waals surface area contributed by atoms with Crippen molar-refractivity contribution in [3.63, 3.8) is 0 Å². The van der Waals surface area contributed by atoms with Crippen molar-refractivity contribution >= 4 is 23.2 Å². The number of nitrogens with zero attached hydrogens (tertiary/aromatic N) is 4. The summed E-state index contributed by atoms with van der Waals surface area (Å²) < 4.78 is 3.45. The molecule has 7 heteroatoms. The monoisotopic (exact) mass is 329 g/mol. The van der Waals surface area contributed by atoms with Crippen LogP contribution in [0.25, 0.3) is 5.69 Å². The van der Waals surface area contributed by atoms with Crippen molar-refractivity contribution in [2.75, 3.05) is 5.32 Å². The lowest BCUT2D eigenvalue weighted by molar-refractivity contribution is 0.102. The van der Waals surface area contributed by atoms with E-state index in [0.29, 0.717) is 16.3 Å². The lowest BCUT2D eigenvalue weighted by Crippen LogP contribution is -2.13. The highest BCUT2D eigenvalue weighted by atomic mass is 35.5. The van der Waals surface area contributed by atoms with E-state index in [4.69, 9.17) is 11.6 Å². The van der Waals surface area contributed by atoms with Crippen molar-refractivity contribution < 1.29 is 4.79 Å². The van der Waals surface area contributed by atoms with Gasteiger partial charge in [0.05, 0.1) is 28.2 Å². The maximum atomic E-state index is 12.5. The number of carbonyl (C=O) groups is 1. The zero-order valence-corrected chi connectivity index (χ0v) is 13.5. The van der Waals surface area contributed by atoms with Crippen molar-refractivity contribution in [1.82, 2.24) is 19.6 Å². The smallest absolute Gasteiger partial charge is 0.257 e. The molecule has 2 heterocycles. The second-order valence-electron chi connectivity index (χ2n) is 5.37. The molecular formula is C16H16ClN5O. The van der Waals surface area contributed by atoms with Crippen molar-refractivity contribution in [3.05, 3.63) is 59.6 Å². The largest absolute Gasteiger partial charge is 0.319 e. The van der Waals surface area contributed by atoms with Crippen LogP contribution in [0.15, 0.2) is 49.1 Å². The quantitative estimate of drug-likeness (QED) is 0.796. The van der Waals surface area contributed by atoms with Crippen molar-refractivity contribution in [3.8, 4) is 5.69 Å². The zero-order valence-electron chi connectivity index (χ0n) is 12.8. The van der Waals surface area contributed by atoms with E-state index in [1.807, 2.05) is 26.0 Å². The van der Waals surface area contributed by atoms with Crippen molar-refractivity contribution in [1.29, 1.82) is 0 Å². The maximum absolute atomic E-state index is 12.5. The van der Waals surface area contributed by atoms with Crippen LogP contribution in [0.2, 0.25) is 5.02 Å². The van der Waals surface area contributed by atoms with Gasteiger partial charge in [0.25, 0.3) is 5.91 Å². The molecule has 0 fully saturated rings. The molecule has 0 spiro atoms. The molecule has 0 aliphatic carbocycles. The number of anilines is 1. The Morgan fingerprint density at radius 3 is 2.78 bits per heavy atom. The number of rotatable bonds is 4. The SMILES string of the molecule is CC(C)n1cc(NC(=O)c2cc(-n3cccn3)ccc2Cl)cn1. The van der Waals surface area contributed by atoms with E-state index in [2.05, 4.69) is 15.5 Å². The minimum Gasteiger partial charge on any atom is -0.319 e. The topological polar surface area (TPSA) is 64.7 Å². The predicted molar refractivity (Wildman–Crippen MR) is 89.1 cm³/mol. The third kappa shape index (κ3) is 3.27. The van der Waals surface area contributed by atoms with Crippen LogP contribution in [-0.4, -0.2) is 25.5 Å². The Morgan fingerprint density at radius 2 is 2.13 bits per heavy atom. The number of halogens is 1. The molecule has 1 amide bonds. The van der Waals surface area contributed by atoms with Gasteiger partial charge in [0.1, 0.15) is 0 Å². The van der Waals surface area contributed by atoms with Gasteiger partial charge >= 0.3 is 0 Å². The Bertz CT molecular complexity index is 823. The van der Waals surface area contributed by atoms with E-state index in [9.17, 15) is 4.79 Å². The van der Waals surface area contributed by atoms with Crippen LogP contribution in [0, 0.1) is 0 Å². The van der Waals surface area contributed by atoms with Gasteiger partial charge in [0.2, 0.25) is 0 Å². The Balaban J connectivity index is 1.85. The summed E-state index contributed by atoms with van der Waals surface area (Å²) in [4.78, 5) is 12.5. The Kier molecular flexibility index (Phi) is 4.16. The first kappa shape index (κ1) is 15.3. The highest BCUT2D eigenvalue weighted by Gasteiger charge is 2.13. The van der Waals surface area contributed by atoms with Gasteiger partial charge in [-0.25, -0.2) is 4.68 Å². The number of carbonyl (C=O) groups excluding carboxylic acids is 1. The summed E-state index contributed by atoms with van der Waals surface area (Å²) in [5, 5.41) is 11.5. The Morgan fingerprint density at radius 1 is 1.30 bits per heavy atom. The first-order chi connectivity index (χ1) is 11.0. The normalized spacial score (nSPS) is 11.0. The van der Waals surface area contributed by atoms with Gasteiger partial charge in [0.15, 0.2) is 0 Å². The lowest BCUT2D eigenvalue weighted by Gasteiger charge is -2.08. The minimum atomic E-state index is -0.285. The molecule has 6 nitrogen and oxygen atoms in total. The van der Waals surface area contributed by atoms with Crippen LogP contribution in [0.4, 0.5) is 5.69 Å². The number of benzene rings is 1. The molecule has 23 heavy (non-hydrogen) atoms. The van der Waals surface area contributed by atoms with Crippen LogP contribution < -0.4 is 5.32 Å². The third-order valence-electron chi connectivity index (χ3n) is 3.35. The molecule has 0 bridgehead atoms. The number of amides is 1. The lowest BCUT2D eigenvalue weighted by atomic mass is 10.2. The molecule has 0 saturated carbocycles. The molecule has 3 rings (SSSR count). The Hall–Kier alpha value is -2.60. The summed E-state index contributed by atoms with van der Waals surface area (Å²) in [5.41, 5.74) is 1.78. The summed E-state index contributed by atoms with van der Waals surface area (Å²) in [6.07, 6.45) is 6.88. The molecule has 118 valence electrons. The molecule has 3 aromatic rings. The summed E-state index contributed by atoms with van der Waals surface area (Å²) >= 11 is 6.16. The van der Waals surface area contributed by atoms with Crippen LogP contribution >= 0.6 is 11.6 Å². The van der Waals surface area contributed by atoms with Crippen molar-refractivity contribution in [2.24, 2.45) is 0 Å². The van der Waals surface area contributed by atoms with Gasteiger partial charge in [-0.2, -0.15) is 10.2 Å². The van der Waals surface area contributed by atoms with E-state index >= 15 is 0 Å². The predicted octanol–water partition coefficient (Wildman–Crippen LogP) is 3.56. The van der Waals surface area contributed by atoms with Crippen LogP contribution in [0.3, 0.4) is 0 Å². The molecule has 0 radical (unpaired) electrons. The molecule has 0 saturated heterocycles. The zero-order chi connectivity index (χ0) is 16.4. The first-order valence-electron chi connectivity index (χ1n) is 7.19. The number of hydrogen-bond acceptors (Lipinski definition) is 3. The average molecular weight is 330 g/mol. The molecule has 0 unspecified atom stereocenters. The number of nitrogens with one attached hydrogen (secondary N) is 1. The standard InChI is InChI=1S/C16H16ClN5O/c1-11(2)22-10-12(9-19-22)20-16(23)14-8-13(4-5-15(14)17)21-7-3-6-18-21/h3-11H,1-2H3,(H,20,23). The average Bonchev–Trinajstić information content (AvgIpc) is 3.18. The van der Waals surface area contributed by atoms with Crippen LogP contribution in [0.1, 0.15) is 30.2 Å². The van der Waals surface area contributed by atoms with E-state index in [1.54, 1.807) is 46.3 Å². The van der Waals surface area contributed by atoms with Gasteiger partial charge in [-0.05, 0) is 38.1 Å². The highest BCUT2D eigenvalue weighted by Crippen LogP contribution is 2.21. The Labute approximate surface area is 138 Å². The van der Waals surface area contributed by atoms with Gasteiger partial charge in [-0.1, -0.05) is 11.6 Å². The fraction of sp³-hybridized carbons (Fsp3) is 0.188. The molecule has 2 aromatic heterocycles. The molecule has 0 aliphatic heterocycles. The highest BCUT2D eigenvalue weighted by molar-refractivity contribution is 6.34. The van der Waals surface area contributed by atoms with E-state index in [1.165, 1.54) is 0 Å². The van der Waals surface area contributed by atoms with Gasteiger partial charge in [-0.3, -0.25) is 9.48 Å². The molecule has 1 aromatic carbocycles. The van der Waals surface area contributed by atoms with Crippen LogP contribution in [-0.2, 0) is 0 Å². The molecule has 0 atom stereocenters. The fourth-order valence-corrected chi connectivity index (χ4v) is 2.34. The second kappa shape index (κ2) is 6.26. The summed E-state index contributed by atoms with van der Waals surface area (Å²) in [7, 11) is 0. The van der Waals surface area contributed by atoms with E-state index in [0.717, 1.165) is 5.69 Å². The van der Waals surface area contributed by atoms with E-state index in [-0.39, 0.29) is 11.9 Å². The first-order valence-corrected chi connectivity index (χ1v) is 7.57. The molecular weight excluding hydrogens is 314 g/mol. The van der Waals surface area contributed by atoms with Crippen LogP contribution in [0.5, 0.6) is 0 Å². The van der Waals surface area contributed by atoms with Gasteiger partial charge < -0.3 is 5.32 Å². The molecule has 0 aliphatic rings. The maximum Gasteiger partial charge on any atom is 0.257 e. The third-order valence-corrected chi connectivity index (χ3v) is 3.68. The second-order valence-corrected chi connectivity index (χ2v) is 5.78. The fourth-order valence-electron chi connectivity index (χ4n) is 2.13. The molecule has 1 N–H and O–H groups in total. The summed E-state index contributed by atoms with van der Waals surface area (Å²) in [5.74, 6) is -0.285. The van der Waals surface area contributed by atoms with Gasteiger partial charge in [0, 0.05) is 24.6 Å². The van der Waals surface area contributed by atoms with Crippen molar-refractivity contribution in [2.45, 2.75) is 19.9 Å². The summed E-state index contributed by atoms with van der Waals surface area (Å²) in [6, 6.07) is 7.24. The van der Waals surface area contributed by atoms with E-state index < -0.39 is 0 Å². The summed E-state index contributed by atoms with van der Waals surface area (Å²) in [6.45, 7) is 4.03. The minimum absolute atomic E-state index is 0.229.